The van der Waals surface area contributed by atoms with Crippen LogP contribution in [0.15, 0.2) is 131 Å². The molecular formula is C41H38ClN7O5S2. The quantitative estimate of drug-likeness (QED) is 0.0423. The molecule has 3 N–H and O–H groups in total. The van der Waals surface area contributed by atoms with Crippen molar-refractivity contribution < 1.29 is 19.0 Å². The summed E-state index contributed by atoms with van der Waals surface area (Å²) in [6, 6.07) is 37.3. The molecule has 1 saturated heterocycles. The number of anilines is 4. The maximum absolute atomic E-state index is 13.2. The van der Waals surface area contributed by atoms with E-state index in [1.165, 1.54) is 6.07 Å². The van der Waals surface area contributed by atoms with E-state index in [-0.39, 0.29) is 11.4 Å². The number of rotatable bonds is 14. The van der Waals surface area contributed by atoms with Gasteiger partial charge in [-0.1, -0.05) is 54.1 Å². The number of halogens is 1. The van der Waals surface area contributed by atoms with Gasteiger partial charge in [0.1, 0.15) is 5.69 Å². The van der Waals surface area contributed by atoms with Crippen molar-refractivity contribution in [1.82, 2.24) is 9.78 Å². The summed E-state index contributed by atoms with van der Waals surface area (Å²) in [5.74, 6) is -0.370. The number of hydrogen-bond acceptors (Lipinski definition) is 9. The molecule has 1 aliphatic rings. The number of nitrogens with one attached hydrogen (secondary N) is 2. The molecule has 0 amide bonds. The van der Waals surface area contributed by atoms with Crippen LogP contribution in [0.2, 0.25) is 5.02 Å². The van der Waals surface area contributed by atoms with Crippen molar-refractivity contribution in [2.45, 2.75) is 9.79 Å². The van der Waals surface area contributed by atoms with Gasteiger partial charge in [-0.15, -0.1) is 11.8 Å². The van der Waals surface area contributed by atoms with Gasteiger partial charge in [0.15, 0.2) is 16.7 Å². The lowest BCUT2D eigenvalue weighted by atomic mass is 9.98. The Labute approximate surface area is 335 Å². The van der Waals surface area contributed by atoms with Crippen LogP contribution in [0.1, 0.15) is 10.5 Å². The van der Waals surface area contributed by atoms with Crippen molar-refractivity contribution in [2.75, 3.05) is 58.3 Å². The highest BCUT2D eigenvalue weighted by molar-refractivity contribution is 7.99. The highest BCUT2D eigenvalue weighted by Crippen LogP contribution is 2.37. The highest BCUT2D eigenvalue weighted by atomic mass is 35.5. The molecule has 0 saturated carbocycles. The Morgan fingerprint density at radius 3 is 2.25 bits per heavy atom. The molecule has 0 aliphatic carbocycles. The van der Waals surface area contributed by atoms with Gasteiger partial charge in [0.05, 0.1) is 15.5 Å². The molecule has 56 heavy (non-hydrogen) atoms. The summed E-state index contributed by atoms with van der Waals surface area (Å²) in [5, 5.41) is 30.0. The van der Waals surface area contributed by atoms with Crippen LogP contribution in [0.25, 0.3) is 22.4 Å². The van der Waals surface area contributed by atoms with E-state index >= 15 is 0 Å². The lowest BCUT2D eigenvalue weighted by Crippen LogP contribution is -2.46. The Kier molecular flexibility index (Phi) is 11.9. The Morgan fingerprint density at radius 1 is 0.875 bits per heavy atom. The van der Waals surface area contributed by atoms with Gasteiger partial charge in [0.25, 0.3) is 5.69 Å². The molecule has 5 aromatic carbocycles. The second-order valence-electron chi connectivity index (χ2n) is 13.0. The molecule has 12 nitrogen and oxygen atoms in total. The number of carboxylic acid groups (broad SMARTS) is 1. The number of thioether (sulfide) groups is 1. The zero-order chi connectivity index (χ0) is 39.2. The summed E-state index contributed by atoms with van der Waals surface area (Å²) in [7, 11) is 0.0195. The molecule has 7 rings (SSSR count). The SMILES string of the molecule is Cn1nc(C(=O)O)c(-c2cccc(N3CCN(c4ccc(NS(=O)c5ccc(NCCSc6ccccc6)c([N+](=O)[O-])c5)cc4)CC3)c2)c1-c1ccc(Cl)cc1. The maximum atomic E-state index is 13.2. The first-order valence-corrected chi connectivity index (χ1v) is 20.3. The number of carbonyl (C=O) groups is 1. The standard InChI is InChI=1S/C41H38ClN7O5S2/c1-46-40(28-10-12-30(42)13-11-28)38(39(44-46)41(50)51)29-6-5-7-33(26-29)48-23-21-47(22-24-48)32-16-14-31(15-17-32)45-56(54)35-18-19-36(37(27-35)49(52)53)43-20-25-55-34-8-3-2-4-9-34/h2-19,26-27,43,45H,20-25H2,1H3,(H,50,51). The average molecular weight is 808 g/mol. The number of piperazine rings is 1. The van der Waals surface area contributed by atoms with Crippen LogP contribution in [-0.4, -0.2) is 68.5 Å². The normalized spacial score (nSPS) is 13.3. The molecule has 0 radical (unpaired) electrons. The van der Waals surface area contributed by atoms with E-state index in [4.69, 9.17) is 11.6 Å². The van der Waals surface area contributed by atoms with Crippen LogP contribution < -0.4 is 19.8 Å². The molecular weight excluding hydrogens is 770 g/mol. The number of nitro benzene ring substituents is 1. The van der Waals surface area contributed by atoms with E-state index in [1.54, 1.807) is 47.8 Å². The van der Waals surface area contributed by atoms with Crippen LogP contribution in [-0.2, 0) is 18.0 Å². The van der Waals surface area contributed by atoms with Gasteiger partial charge in [-0.2, -0.15) is 5.10 Å². The molecule has 0 bridgehead atoms. The van der Waals surface area contributed by atoms with Crippen molar-refractivity contribution in [3.63, 3.8) is 0 Å². The van der Waals surface area contributed by atoms with Crippen LogP contribution in [0.3, 0.4) is 0 Å². The molecule has 1 unspecified atom stereocenters. The van der Waals surface area contributed by atoms with Crippen LogP contribution in [0, 0.1) is 10.1 Å². The first kappa shape index (κ1) is 38.4. The number of aromatic nitrogens is 2. The minimum Gasteiger partial charge on any atom is -0.476 e. The third-order valence-corrected chi connectivity index (χ3v) is 11.8. The minimum absolute atomic E-state index is 0.0160. The van der Waals surface area contributed by atoms with Crippen molar-refractivity contribution in [2.24, 2.45) is 7.05 Å². The van der Waals surface area contributed by atoms with E-state index in [9.17, 15) is 24.2 Å². The Balaban J connectivity index is 0.968. The molecule has 1 fully saturated rings. The number of nitro groups is 1. The second kappa shape index (κ2) is 17.3. The number of hydrogen-bond donors (Lipinski definition) is 3. The molecule has 6 aromatic rings. The Morgan fingerprint density at radius 2 is 1.57 bits per heavy atom. The summed E-state index contributed by atoms with van der Waals surface area (Å²) in [6.07, 6.45) is 0. The van der Waals surface area contributed by atoms with Crippen LogP contribution >= 0.6 is 23.4 Å². The topological polar surface area (TPSA) is 146 Å². The highest BCUT2D eigenvalue weighted by Gasteiger charge is 2.25. The number of aryl methyl sites for hydroxylation is 1. The number of nitrogens with zero attached hydrogens (tertiary/aromatic N) is 5. The summed E-state index contributed by atoms with van der Waals surface area (Å²) < 4.78 is 17.8. The van der Waals surface area contributed by atoms with Crippen LogP contribution in [0.4, 0.5) is 28.4 Å². The van der Waals surface area contributed by atoms with Gasteiger partial charge in [0.2, 0.25) is 0 Å². The van der Waals surface area contributed by atoms with E-state index < -0.39 is 21.9 Å². The zero-order valence-corrected chi connectivity index (χ0v) is 32.7. The Hall–Kier alpha value is -5.83. The number of aromatic carboxylic acids is 1. The van der Waals surface area contributed by atoms with Gasteiger partial charge in [0, 0.05) is 89.7 Å². The van der Waals surface area contributed by atoms with Crippen molar-refractivity contribution >= 4 is 68.8 Å². The molecule has 1 aliphatic heterocycles. The Bertz CT molecular complexity index is 2370. The van der Waals surface area contributed by atoms with Crippen molar-refractivity contribution in [3.8, 4) is 22.4 Å². The fraction of sp³-hybridized carbons (Fsp3) is 0.171. The van der Waals surface area contributed by atoms with E-state index in [2.05, 4.69) is 24.9 Å². The molecule has 1 atom stereocenters. The fourth-order valence-corrected chi connectivity index (χ4v) is 8.47. The maximum Gasteiger partial charge on any atom is 0.357 e. The summed E-state index contributed by atoms with van der Waals surface area (Å²) in [5.41, 5.74) is 5.67. The van der Waals surface area contributed by atoms with E-state index in [0.717, 1.165) is 59.3 Å². The average Bonchev–Trinajstić information content (AvgIpc) is 3.57. The largest absolute Gasteiger partial charge is 0.476 e. The zero-order valence-electron chi connectivity index (χ0n) is 30.3. The fourth-order valence-electron chi connectivity index (χ4n) is 6.67. The number of benzene rings is 5. The monoisotopic (exact) mass is 807 g/mol. The third-order valence-electron chi connectivity index (χ3n) is 9.40. The van der Waals surface area contributed by atoms with Gasteiger partial charge in [-0.3, -0.25) is 14.8 Å². The molecule has 1 aromatic heterocycles. The predicted octanol–water partition coefficient (Wildman–Crippen LogP) is 8.68. The minimum atomic E-state index is -1.72. The molecule has 0 spiro atoms. The predicted molar refractivity (Wildman–Crippen MR) is 226 cm³/mol. The summed E-state index contributed by atoms with van der Waals surface area (Å²) in [6.45, 7) is 3.52. The first-order chi connectivity index (χ1) is 27.1. The van der Waals surface area contributed by atoms with Crippen molar-refractivity contribution in [1.29, 1.82) is 0 Å². The van der Waals surface area contributed by atoms with Gasteiger partial charge < -0.3 is 24.9 Å². The molecule has 15 heteroatoms. The molecule has 286 valence electrons. The lowest BCUT2D eigenvalue weighted by Gasteiger charge is -2.37. The van der Waals surface area contributed by atoms with Gasteiger partial charge in [-0.25, -0.2) is 9.00 Å². The molecule has 2 heterocycles. The first-order valence-electron chi connectivity index (χ1n) is 17.8. The van der Waals surface area contributed by atoms with Crippen molar-refractivity contribution in [3.05, 3.63) is 142 Å². The second-order valence-corrected chi connectivity index (χ2v) is 15.8. The van der Waals surface area contributed by atoms with E-state index in [0.29, 0.717) is 39.1 Å². The third kappa shape index (κ3) is 8.83. The summed E-state index contributed by atoms with van der Waals surface area (Å²) in [4.78, 5) is 29.7. The van der Waals surface area contributed by atoms with Gasteiger partial charge >= 0.3 is 5.97 Å². The lowest BCUT2D eigenvalue weighted by molar-refractivity contribution is -0.384. The number of carboxylic acids is 1. The van der Waals surface area contributed by atoms with Crippen LogP contribution in [0.5, 0.6) is 0 Å². The summed E-state index contributed by atoms with van der Waals surface area (Å²) >= 11 is 7.79. The smallest absolute Gasteiger partial charge is 0.357 e. The van der Waals surface area contributed by atoms with Gasteiger partial charge in [-0.05, 0) is 78.4 Å². The van der Waals surface area contributed by atoms with E-state index in [1.807, 2.05) is 91.0 Å².